The van der Waals surface area contributed by atoms with Crippen molar-refractivity contribution in [3.63, 3.8) is 0 Å². The first-order chi connectivity index (χ1) is 14.9. The van der Waals surface area contributed by atoms with Crippen molar-refractivity contribution in [3.05, 3.63) is 76.7 Å². The van der Waals surface area contributed by atoms with E-state index < -0.39 is 0 Å². The van der Waals surface area contributed by atoms with Crippen molar-refractivity contribution in [1.29, 1.82) is 0 Å². The standard InChI is InChI=1S/C24H29N3O4/c1-16-20(17(2)31-26-16)15-30-23-13-9-7-11-19(23)24(28)25-14-21(27(3)4)18-10-6-8-12-22(18)29-5/h6-13,21H,14-15H2,1-5H3,(H,25,28). The number of carbonyl (C=O) groups excluding carboxylic acids is 1. The zero-order valence-corrected chi connectivity index (χ0v) is 18.6. The van der Waals surface area contributed by atoms with Crippen LogP contribution >= 0.6 is 0 Å². The number of nitrogens with zero attached hydrogens (tertiary/aromatic N) is 2. The number of amides is 1. The first-order valence-corrected chi connectivity index (χ1v) is 10.1. The molecule has 0 aliphatic carbocycles. The van der Waals surface area contributed by atoms with Gasteiger partial charge in [0.05, 0.1) is 30.0 Å². The van der Waals surface area contributed by atoms with E-state index in [2.05, 4.69) is 15.4 Å². The maximum Gasteiger partial charge on any atom is 0.255 e. The van der Waals surface area contributed by atoms with Gasteiger partial charge in [0, 0.05) is 12.1 Å². The highest BCUT2D eigenvalue weighted by molar-refractivity contribution is 5.96. The van der Waals surface area contributed by atoms with Crippen LogP contribution in [0, 0.1) is 13.8 Å². The number of likely N-dealkylation sites (N-methyl/N-ethyl adjacent to an activating group) is 1. The van der Waals surface area contributed by atoms with E-state index >= 15 is 0 Å². The first kappa shape index (κ1) is 22.4. The molecule has 1 heterocycles. The van der Waals surface area contributed by atoms with Crippen molar-refractivity contribution in [1.82, 2.24) is 15.4 Å². The van der Waals surface area contributed by atoms with Crippen LogP contribution in [0.25, 0.3) is 0 Å². The fourth-order valence-electron chi connectivity index (χ4n) is 3.43. The maximum atomic E-state index is 13.0. The maximum absolute atomic E-state index is 13.0. The molecule has 7 nitrogen and oxygen atoms in total. The zero-order valence-electron chi connectivity index (χ0n) is 18.6. The van der Waals surface area contributed by atoms with Crippen LogP contribution < -0.4 is 14.8 Å². The molecule has 1 unspecified atom stereocenters. The molecule has 0 aliphatic rings. The minimum Gasteiger partial charge on any atom is -0.496 e. The van der Waals surface area contributed by atoms with E-state index in [0.717, 1.165) is 22.6 Å². The summed E-state index contributed by atoms with van der Waals surface area (Å²) in [5.74, 6) is 1.82. The summed E-state index contributed by atoms with van der Waals surface area (Å²) in [5.41, 5.74) is 3.16. The van der Waals surface area contributed by atoms with Crippen LogP contribution in [-0.2, 0) is 6.61 Å². The van der Waals surface area contributed by atoms with Gasteiger partial charge in [0.25, 0.3) is 5.91 Å². The van der Waals surface area contributed by atoms with Gasteiger partial charge in [-0.15, -0.1) is 0 Å². The fourth-order valence-corrected chi connectivity index (χ4v) is 3.43. The topological polar surface area (TPSA) is 76.8 Å². The molecule has 1 N–H and O–H groups in total. The first-order valence-electron chi connectivity index (χ1n) is 10.1. The quantitative estimate of drug-likeness (QED) is 0.562. The predicted octanol–water partition coefficient (Wildman–Crippen LogP) is 3.91. The minimum absolute atomic E-state index is 0.0458. The fraction of sp³-hybridized carbons (Fsp3) is 0.333. The Labute approximate surface area is 182 Å². The number of para-hydroxylation sites is 2. The van der Waals surface area contributed by atoms with Crippen molar-refractivity contribution in [2.75, 3.05) is 27.7 Å². The molecule has 0 saturated carbocycles. The number of hydrogen-bond acceptors (Lipinski definition) is 6. The van der Waals surface area contributed by atoms with Gasteiger partial charge < -0.3 is 24.2 Å². The lowest BCUT2D eigenvalue weighted by Gasteiger charge is -2.26. The van der Waals surface area contributed by atoms with Crippen LogP contribution in [0.1, 0.15) is 39.0 Å². The van der Waals surface area contributed by atoms with E-state index in [1.165, 1.54) is 0 Å². The van der Waals surface area contributed by atoms with E-state index in [4.69, 9.17) is 14.0 Å². The summed E-state index contributed by atoms with van der Waals surface area (Å²) >= 11 is 0. The molecule has 1 atom stereocenters. The SMILES string of the molecule is COc1ccccc1C(CNC(=O)c1ccccc1OCc1c(C)noc1C)N(C)C. The normalized spacial score (nSPS) is 11.9. The Hall–Kier alpha value is -3.32. The lowest BCUT2D eigenvalue weighted by atomic mass is 10.0. The Bertz CT molecular complexity index is 1010. The minimum atomic E-state index is -0.198. The summed E-state index contributed by atoms with van der Waals surface area (Å²) in [6.45, 7) is 4.42. The van der Waals surface area contributed by atoms with Gasteiger partial charge in [-0.3, -0.25) is 4.79 Å². The number of nitrogens with one attached hydrogen (secondary N) is 1. The highest BCUT2D eigenvalue weighted by Crippen LogP contribution is 2.28. The Balaban J connectivity index is 1.73. The van der Waals surface area contributed by atoms with Crippen LogP contribution in [0.3, 0.4) is 0 Å². The molecule has 0 bridgehead atoms. The largest absolute Gasteiger partial charge is 0.496 e. The van der Waals surface area contributed by atoms with Crippen molar-refractivity contribution in [2.45, 2.75) is 26.5 Å². The lowest BCUT2D eigenvalue weighted by Crippen LogP contribution is -2.35. The highest BCUT2D eigenvalue weighted by atomic mass is 16.5. The van der Waals surface area contributed by atoms with Gasteiger partial charge in [0.15, 0.2) is 0 Å². The molecular formula is C24H29N3O4. The number of ether oxygens (including phenoxy) is 2. The van der Waals surface area contributed by atoms with Gasteiger partial charge in [-0.05, 0) is 46.1 Å². The highest BCUT2D eigenvalue weighted by Gasteiger charge is 2.21. The Morgan fingerprint density at radius 3 is 2.42 bits per heavy atom. The molecule has 3 rings (SSSR count). The van der Waals surface area contributed by atoms with E-state index in [1.807, 2.05) is 64.3 Å². The molecule has 1 amide bonds. The van der Waals surface area contributed by atoms with Gasteiger partial charge in [0.2, 0.25) is 0 Å². The average Bonchev–Trinajstić information content (AvgIpc) is 3.09. The molecule has 0 fully saturated rings. The second-order valence-corrected chi connectivity index (χ2v) is 7.52. The van der Waals surface area contributed by atoms with Crippen molar-refractivity contribution >= 4 is 5.91 Å². The summed E-state index contributed by atoms with van der Waals surface area (Å²) in [7, 11) is 5.60. The van der Waals surface area contributed by atoms with Gasteiger partial charge in [-0.1, -0.05) is 35.5 Å². The van der Waals surface area contributed by atoms with E-state index in [1.54, 1.807) is 19.2 Å². The molecule has 31 heavy (non-hydrogen) atoms. The summed E-state index contributed by atoms with van der Waals surface area (Å²) in [6, 6.07) is 15.0. The number of aryl methyl sites for hydroxylation is 2. The number of benzene rings is 2. The molecule has 3 aromatic rings. The van der Waals surface area contributed by atoms with E-state index in [-0.39, 0.29) is 18.6 Å². The van der Waals surface area contributed by atoms with Crippen molar-refractivity contribution in [3.8, 4) is 11.5 Å². The summed E-state index contributed by atoms with van der Waals surface area (Å²) < 4.78 is 16.6. The second-order valence-electron chi connectivity index (χ2n) is 7.52. The van der Waals surface area contributed by atoms with E-state index in [9.17, 15) is 4.79 Å². The van der Waals surface area contributed by atoms with Crippen molar-refractivity contribution in [2.24, 2.45) is 0 Å². The number of rotatable bonds is 9. The monoisotopic (exact) mass is 423 g/mol. The second kappa shape index (κ2) is 10.1. The summed E-state index contributed by atoms with van der Waals surface area (Å²) in [5, 5.41) is 6.98. The van der Waals surface area contributed by atoms with Crippen LogP contribution in [0.5, 0.6) is 11.5 Å². The van der Waals surface area contributed by atoms with Gasteiger partial charge >= 0.3 is 0 Å². The molecule has 0 aliphatic heterocycles. The zero-order chi connectivity index (χ0) is 22.4. The van der Waals surface area contributed by atoms with Crippen LogP contribution in [-0.4, -0.2) is 43.7 Å². The molecule has 1 aromatic heterocycles. The molecule has 7 heteroatoms. The molecule has 2 aromatic carbocycles. The Kier molecular flexibility index (Phi) is 7.31. The third-order valence-corrected chi connectivity index (χ3v) is 5.26. The third kappa shape index (κ3) is 5.24. The number of hydrogen-bond donors (Lipinski definition) is 1. The van der Waals surface area contributed by atoms with Crippen molar-refractivity contribution < 1.29 is 18.8 Å². The third-order valence-electron chi connectivity index (χ3n) is 5.26. The van der Waals surface area contributed by atoms with Crippen LogP contribution in [0.15, 0.2) is 53.1 Å². The molecular weight excluding hydrogens is 394 g/mol. The van der Waals surface area contributed by atoms with Crippen LogP contribution in [0.4, 0.5) is 0 Å². The summed E-state index contributed by atoms with van der Waals surface area (Å²) in [4.78, 5) is 15.1. The van der Waals surface area contributed by atoms with Crippen LogP contribution in [0.2, 0.25) is 0 Å². The summed E-state index contributed by atoms with van der Waals surface area (Å²) in [6.07, 6.45) is 0. The molecule has 0 saturated heterocycles. The number of methoxy groups -OCH3 is 1. The lowest BCUT2D eigenvalue weighted by molar-refractivity contribution is 0.0937. The smallest absolute Gasteiger partial charge is 0.255 e. The predicted molar refractivity (Wildman–Crippen MR) is 119 cm³/mol. The number of aromatic nitrogens is 1. The molecule has 164 valence electrons. The molecule has 0 radical (unpaired) electrons. The van der Waals surface area contributed by atoms with Gasteiger partial charge in [-0.2, -0.15) is 0 Å². The average molecular weight is 424 g/mol. The number of carbonyl (C=O) groups is 1. The van der Waals surface area contributed by atoms with E-state index in [0.29, 0.717) is 23.6 Å². The molecule has 0 spiro atoms. The van der Waals surface area contributed by atoms with Gasteiger partial charge in [0.1, 0.15) is 23.9 Å². The Morgan fingerprint density at radius 2 is 1.77 bits per heavy atom. The van der Waals surface area contributed by atoms with Gasteiger partial charge in [-0.25, -0.2) is 0 Å². The Morgan fingerprint density at radius 1 is 1.10 bits per heavy atom.